The van der Waals surface area contributed by atoms with Gasteiger partial charge < -0.3 is 9.84 Å². The Balaban J connectivity index is 1.79. The number of carbonyl (C=O) groups excluding carboxylic acids is 1. The minimum absolute atomic E-state index is 0.216. The zero-order valence-electron chi connectivity index (χ0n) is 18.1. The molecule has 30 heavy (non-hydrogen) atoms. The monoisotopic (exact) mass is 402 g/mol. The van der Waals surface area contributed by atoms with E-state index in [0.717, 1.165) is 46.4 Å². The van der Waals surface area contributed by atoms with Crippen molar-refractivity contribution >= 4 is 27.5 Å². The summed E-state index contributed by atoms with van der Waals surface area (Å²) in [5.74, 6) is 1.32. The second-order valence-electron chi connectivity index (χ2n) is 9.93. The summed E-state index contributed by atoms with van der Waals surface area (Å²) in [4.78, 5) is 13.0. The van der Waals surface area contributed by atoms with Gasteiger partial charge in [-0.1, -0.05) is 55.5 Å². The molecule has 0 radical (unpaired) electrons. The lowest BCUT2D eigenvalue weighted by molar-refractivity contribution is -0.143. The summed E-state index contributed by atoms with van der Waals surface area (Å²) in [6.45, 7) is 5.85. The van der Waals surface area contributed by atoms with E-state index < -0.39 is 11.0 Å². The normalized spacial score (nSPS) is 25.9. The minimum Gasteiger partial charge on any atom is -0.425 e. The molecule has 0 aromatic heterocycles. The largest absolute Gasteiger partial charge is 0.425 e. The average Bonchev–Trinajstić information content (AvgIpc) is 3.34. The van der Waals surface area contributed by atoms with Gasteiger partial charge >= 0.3 is 5.97 Å². The van der Waals surface area contributed by atoms with E-state index in [-0.39, 0.29) is 5.97 Å². The van der Waals surface area contributed by atoms with Crippen molar-refractivity contribution in [2.45, 2.75) is 58.5 Å². The number of ether oxygens (including phenoxy) is 1. The van der Waals surface area contributed by atoms with Crippen LogP contribution in [-0.4, -0.2) is 11.1 Å². The molecule has 2 aliphatic rings. The number of aliphatic hydroxyl groups is 1. The summed E-state index contributed by atoms with van der Waals surface area (Å²) >= 11 is 0. The van der Waals surface area contributed by atoms with Crippen molar-refractivity contribution in [3.8, 4) is 5.75 Å². The van der Waals surface area contributed by atoms with Crippen LogP contribution in [0.15, 0.2) is 48.5 Å². The second kappa shape index (κ2) is 6.81. The molecule has 0 amide bonds. The predicted octanol–water partition coefficient (Wildman–Crippen LogP) is 6.34. The Hall–Kier alpha value is -2.39. The van der Waals surface area contributed by atoms with Gasteiger partial charge in [-0.25, -0.2) is 0 Å². The highest BCUT2D eigenvalue weighted by Gasteiger charge is 2.52. The summed E-state index contributed by atoms with van der Waals surface area (Å²) < 4.78 is 6.09. The Morgan fingerprint density at radius 3 is 2.07 bits per heavy atom. The molecule has 2 aliphatic carbocycles. The fraction of sp³-hybridized carbons (Fsp3) is 0.444. The van der Waals surface area contributed by atoms with E-state index in [1.54, 1.807) is 0 Å². The highest BCUT2D eigenvalue weighted by atomic mass is 16.5. The first-order valence-corrected chi connectivity index (χ1v) is 11.2. The van der Waals surface area contributed by atoms with E-state index >= 15 is 0 Å². The third-order valence-corrected chi connectivity index (χ3v) is 7.76. The first kappa shape index (κ1) is 19.6. The molecule has 3 heteroatoms. The third-order valence-electron chi connectivity index (χ3n) is 7.76. The van der Waals surface area contributed by atoms with E-state index in [1.165, 1.54) is 6.42 Å². The molecule has 3 nitrogen and oxygen atoms in total. The van der Waals surface area contributed by atoms with Crippen molar-refractivity contribution in [3.63, 3.8) is 0 Å². The molecule has 2 saturated carbocycles. The molecule has 0 spiro atoms. The number of hydrogen-bond acceptors (Lipinski definition) is 3. The molecule has 3 unspecified atom stereocenters. The maximum absolute atomic E-state index is 13.0. The average molecular weight is 403 g/mol. The van der Waals surface area contributed by atoms with Crippen molar-refractivity contribution in [2.24, 2.45) is 17.3 Å². The van der Waals surface area contributed by atoms with Gasteiger partial charge in [-0.05, 0) is 74.1 Å². The predicted molar refractivity (Wildman–Crippen MR) is 121 cm³/mol. The Bertz CT molecular complexity index is 1090. The molecule has 0 aliphatic heterocycles. The molecular formula is C27H30O3. The summed E-state index contributed by atoms with van der Waals surface area (Å²) in [6, 6.07) is 16.2. The van der Waals surface area contributed by atoms with E-state index in [0.29, 0.717) is 24.0 Å². The Morgan fingerprint density at radius 2 is 1.60 bits per heavy atom. The van der Waals surface area contributed by atoms with Crippen molar-refractivity contribution < 1.29 is 14.6 Å². The second-order valence-corrected chi connectivity index (χ2v) is 9.93. The van der Waals surface area contributed by atoms with Gasteiger partial charge in [0, 0.05) is 10.8 Å². The molecule has 3 aromatic carbocycles. The number of benzene rings is 3. The van der Waals surface area contributed by atoms with E-state index in [1.807, 2.05) is 57.2 Å². The van der Waals surface area contributed by atoms with Crippen LogP contribution in [0.25, 0.3) is 21.5 Å². The number of rotatable bonds is 4. The smallest absolute Gasteiger partial charge is 0.316 e. The van der Waals surface area contributed by atoms with E-state index in [2.05, 4.69) is 12.1 Å². The summed E-state index contributed by atoms with van der Waals surface area (Å²) in [5.41, 5.74) is -0.340. The summed E-state index contributed by atoms with van der Waals surface area (Å²) in [5, 5.41) is 15.8. The van der Waals surface area contributed by atoms with E-state index in [4.69, 9.17) is 4.74 Å². The van der Waals surface area contributed by atoms with Crippen LogP contribution in [0, 0.1) is 17.3 Å². The van der Waals surface area contributed by atoms with Gasteiger partial charge in [-0.3, -0.25) is 4.79 Å². The highest BCUT2D eigenvalue weighted by molar-refractivity contribution is 6.10. The number of hydrogen-bond donors (Lipinski definition) is 1. The van der Waals surface area contributed by atoms with Crippen LogP contribution < -0.4 is 4.74 Å². The van der Waals surface area contributed by atoms with Crippen LogP contribution in [0.4, 0.5) is 0 Å². The van der Waals surface area contributed by atoms with Crippen molar-refractivity contribution in [3.05, 3.63) is 54.1 Å². The molecule has 3 atom stereocenters. The molecule has 0 heterocycles. The molecule has 156 valence electrons. The Kier molecular flexibility index (Phi) is 4.44. The molecule has 2 bridgehead atoms. The lowest BCUT2D eigenvalue weighted by Crippen LogP contribution is -2.33. The topological polar surface area (TPSA) is 46.5 Å². The van der Waals surface area contributed by atoms with Crippen molar-refractivity contribution in [1.29, 1.82) is 0 Å². The summed E-state index contributed by atoms with van der Waals surface area (Å²) in [6.07, 6.45) is 4.97. The first-order chi connectivity index (χ1) is 14.3. The van der Waals surface area contributed by atoms with Gasteiger partial charge in [0.15, 0.2) is 0 Å². The molecule has 0 saturated heterocycles. The van der Waals surface area contributed by atoms with Crippen molar-refractivity contribution in [2.75, 3.05) is 0 Å². The van der Waals surface area contributed by atoms with Crippen LogP contribution in [0.2, 0.25) is 0 Å². The van der Waals surface area contributed by atoms with Crippen LogP contribution in [0.3, 0.4) is 0 Å². The van der Waals surface area contributed by atoms with Gasteiger partial charge in [-0.2, -0.15) is 0 Å². The van der Waals surface area contributed by atoms with Gasteiger partial charge in [0.25, 0.3) is 0 Å². The lowest BCUT2D eigenvalue weighted by Gasteiger charge is -2.35. The zero-order valence-corrected chi connectivity index (χ0v) is 18.1. The zero-order chi connectivity index (χ0) is 21.1. The summed E-state index contributed by atoms with van der Waals surface area (Å²) in [7, 11) is 0. The Labute approximate surface area is 178 Å². The Morgan fingerprint density at radius 1 is 1.03 bits per heavy atom. The van der Waals surface area contributed by atoms with Crippen molar-refractivity contribution in [1.82, 2.24) is 0 Å². The highest BCUT2D eigenvalue weighted by Crippen LogP contribution is 2.58. The van der Waals surface area contributed by atoms with Crippen LogP contribution in [-0.2, 0) is 10.4 Å². The molecule has 1 N–H and O–H groups in total. The molecular weight excluding hydrogens is 372 g/mol. The van der Waals surface area contributed by atoms with Crippen LogP contribution >= 0.6 is 0 Å². The maximum Gasteiger partial charge on any atom is 0.316 e. The minimum atomic E-state index is -0.812. The number of esters is 1. The van der Waals surface area contributed by atoms with E-state index in [9.17, 15) is 9.90 Å². The van der Waals surface area contributed by atoms with Crippen LogP contribution in [0.1, 0.15) is 58.4 Å². The molecule has 5 rings (SSSR count). The molecule has 3 aromatic rings. The van der Waals surface area contributed by atoms with Gasteiger partial charge in [0.2, 0.25) is 0 Å². The van der Waals surface area contributed by atoms with Crippen LogP contribution in [0.5, 0.6) is 5.75 Å². The third kappa shape index (κ3) is 2.79. The quantitative estimate of drug-likeness (QED) is 0.314. The SMILES string of the molecule is CCC(C)(C)C(=O)Oc1c2ccccc2c(C2(O)CC3CCC2C3)c2ccccc12. The van der Waals surface area contributed by atoms with Gasteiger partial charge in [-0.15, -0.1) is 0 Å². The first-order valence-electron chi connectivity index (χ1n) is 11.2. The number of carbonyl (C=O) groups is 1. The maximum atomic E-state index is 13.0. The number of fused-ring (bicyclic) bond motifs is 4. The van der Waals surface area contributed by atoms with Gasteiger partial charge in [0.05, 0.1) is 11.0 Å². The standard InChI is InChI=1S/C27H30O3/c1-4-26(2,3)25(28)30-24-21-11-7-5-9-19(21)23(20-10-6-8-12-22(20)24)27(29)16-17-13-14-18(27)15-17/h5-12,17-18,29H,4,13-16H2,1-3H3. The fourth-order valence-electron chi connectivity index (χ4n) is 5.65. The lowest BCUT2D eigenvalue weighted by atomic mass is 9.75. The van der Waals surface area contributed by atoms with Gasteiger partial charge in [0.1, 0.15) is 5.75 Å². The molecule has 2 fully saturated rings. The fourth-order valence-corrected chi connectivity index (χ4v) is 5.65.